The van der Waals surface area contributed by atoms with E-state index in [2.05, 4.69) is 5.32 Å². The van der Waals surface area contributed by atoms with Crippen LogP contribution in [0.2, 0.25) is 0 Å². The fourth-order valence-corrected chi connectivity index (χ4v) is 3.44. The number of anilines is 1. The molecule has 28 heavy (non-hydrogen) atoms. The Morgan fingerprint density at radius 3 is 2.61 bits per heavy atom. The van der Waals surface area contributed by atoms with Gasteiger partial charge in [-0.3, -0.25) is 14.9 Å². The van der Waals surface area contributed by atoms with Crippen LogP contribution >= 0.6 is 11.3 Å². The van der Waals surface area contributed by atoms with Gasteiger partial charge in [0.15, 0.2) is 6.10 Å². The first-order valence-corrected chi connectivity index (χ1v) is 9.03. The SMILES string of the molecule is COc1ccc([N+](=O)[O-])cc1NC(=O)[C@@H](C)OC(=O)c1cc2ccccc2s1. The van der Waals surface area contributed by atoms with Crippen LogP contribution in [-0.4, -0.2) is 30.0 Å². The standard InChI is InChI=1S/C19H16N2O6S/c1-11(27-19(23)17-9-12-5-3-4-6-16(12)28-17)18(22)20-14-10-13(21(24)25)7-8-15(14)26-2/h3-11H,1-2H3,(H,20,22)/t11-/m1/s1. The number of fused-ring (bicyclic) bond motifs is 1. The zero-order valence-electron chi connectivity index (χ0n) is 15.0. The van der Waals surface area contributed by atoms with Gasteiger partial charge in [0.2, 0.25) is 0 Å². The summed E-state index contributed by atoms with van der Waals surface area (Å²) in [5, 5.41) is 14.3. The van der Waals surface area contributed by atoms with E-state index in [1.807, 2.05) is 24.3 Å². The number of esters is 1. The van der Waals surface area contributed by atoms with E-state index in [1.165, 1.54) is 43.6 Å². The Morgan fingerprint density at radius 2 is 1.93 bits per heavy atom. The van der Waals surface area contributed by atoms with E-state index >= 15 is 0 Å². The lowest BCUT2D eigenvalue weighted by molar-refractivity contribution is -0.384. The maximum atomic E-state index is 12.4. The van der Waals surface area contributed by atoms with Crippen LogP contribution in [0.15, 0.2) is 48.5 Å². The number of non-ortho nitro benzene ring substituents is 1. The number of methoxy groups -OCH3 is 1. The predicted octanol–water partition coefficient (Wildman–Crippen LogP) is 4.00. The lowest BCUT2D eigenvalue weighted by atomic mass is 10.2. The highest BCUT2D eigenvalue weighted by atomic mass is 32.1. The average Bonchev–Trinajstić information content (AvgIpc) is 3.12. The Morgan fingerprint density at radius 1 is 1.18 bits per heavy atom. The minimum Gasteiger partial charge on any atom is -0.495 e. The molecule has 2 aromatic carbocycles. The summed E-state index contributed by atoms with van der Waals surface area (Å²) in [4.78, 5) is 35.5. The van der Waals surface area contributed by atoms with Crippen LogP contribution in [0.3, 0.4) is 0 Å². The number of nitrogens with zero attached hydrogens (tertiary/aromatic N) is 1. The van der Waals surface area contributed by atoms with Crippen molar-refractivity contribution in [3.8, 4) is 5.75 Å². The van der Waals surface area contributed by atoms with Crippen molar-refractivity contribution in [1.82, 2.24) is 0 Å². The largest absolute Gasteiger partial charge is 0.495 e. The Balaban J connectivity index is 1.71. The lowest BCUT2D eigenvalue weighted by Crippen LogP contribution is -2.30. The second kappa shape index (κ2) is 8.05. The molecule has 144 valence electrons. The molecule has 0 saturated heterocycles. The predicted molar refractivity (Wildman–Crippen MR) is 105 cm³/mol. The number of hydrogen-bond acceptors (Lipinski definition) is 7. The molecule has 3 aromatic rings. The van der Waals surface area contributed by atoms with Crippen molar-refractivity contribution in [1.29, 1.82) is 0 Å². The van der Waals surface area contributed by atoms with E-state index in [-0.39, 0.29) is 17.1 Å². The molecule has 1 atom stereocenters. The molecule has 8 nitrogen and oxygen atoms in total. The Labute approximate surface area is 163 Å². The average molecular weight is 400 g/mol. The third kappa shape index (κ3) is 4.09. The topological polar surface area (TPSA) is 108 Å². The molecule has 0 radical (unpaired) electrons. The Kier molecular flexibility index (Phi) is 5.55. The monoisotopic (exact) mass is 400 g/mol. The van der Waals surface area contributed by atoms with Gasteiger partial charge in [-0.1, -0.05) is 18.2 Å². The van der Waals surface area contributed by atoms with E-state index in [9.17, 15) is 19.7 Å². The minimum absolute atomic E-state index is 0.117. The molecular weight excluding hydrogens is 384 g/mol. The summed E-state index contributed by atoms with van der Waals surface area (Å²) in [6, 6.07) is 13.0. The molecule has 1 N–H and O–H groups in total. The molecule has 0 spiro atoms. The van der Waals surface area contributed by atoms with Crippen molar-refractivity contribution >= 4 is 44.7 Å². The third-order valence-corrected chi connectivity index (χ3v) is 5.03. The molecule has 0 saturated carbocycles. The van der Waals surface area contributed by atoms with Crippen LogP contribution in [0, 0.1) is 10.1 Å². The van der Waals surface area contributed by atoms with Crippen molar-refractivity contribution in [2.75, 3.05) is 12.4 Å². The first-order valence-electron chi connectivity index (χ1n) is 8.22. The molecule has 0 bridgehead atoms. The van der Waals surface area contributed by atoms with Gasteiger partial charge < -0.3 is 14.8 Å². The molecule has 0 fully saturated rings. The number of hydrogen-bond donors (Lipinski definition) is 1. The van der Waals surface area contributed by atoms with E-state index in [0.29, 0.717) is 4.88 Å². The number of nitrogens with one attached hydrogen (secondary N) is 1. The molecule has 0 unspecified atom stereocenters. The quantitative estimate of drug-likeness (QED) is 0.381. The molecule has 9 heteroatoms. The van der Waals surface area contributed by atoms with Crippen molar-refractivity contribution < 1.29 is 24.0 Å². The second-order valence-corrected chi connectivity index (χ2v) is 6.91. The van der Waals surface area contributed by atoms with E-state index in [1.54, 1.807) is 6.07 Å². The van der Waals surface area contributed by atoms with Gasteiger partial charge in [-0.15, -0.1) is 11.3 Å². The van der Waals surface area contributed by atoms with Crippen LogP contribution in [-0.2, 0) is 9.53 Å². The molecular formula is C19H16N2O6S. The molecule has 1 aromatic heterocycles. The van der Waals surface area contributed by atoms with Crippen LogP contribution in [0.1, 0.15) is 16.6 Å². The van der Waals surface area contributed by atoms with Gasteiger partial charge in [-0.25, -0.2) is 4.79 Å². The minimum atomic E-state index is -1.11. The number of nitro groups is 1. The van der Waals surface area contributed by atoms with Gasteiger partial charge in [0.25, 0.3) is 11.6 Å². The molecule has 0 aliphatic rings. The van der Waals surface area contributed by atoms with Gasteiger partial charge in [-0.05, 0) is 30.5 Å². The van der Waals surface area contributed by atoms with Crippen LogP contribution in [0.5, 0.6) is 5.75 Å². The first-order chi connectivity index (χ1) is 13.4. The zero-order chi connectivity index (χ0) is 20.3. The number of ether oxygens (including phenoxy) is 2. The van der Waals surface area contributed by atoms with E-state index < -0.39 is 22.9 Å². The number of carbonyl (C=O) groups excluding carboxylic acids is 2. The fraction of sp³-hybridized carbons (Fsp3) is 0.158. The summed E-state index contributed by atoms with van der Waals surface area (Å²) < 4.78 is 11.3. The summed E-state index contributed by atoms with van der Waals surface area (Å²) >= 11 is 1.27. The van der Waals surface area contributed by atoms with Gasteiger partial charge >= 0.3 is 5.97 Å². The Hall–Kier alpha value is -3.46. The van der Waals surface area contributed by atoms with E-state index in [0.717, 1.165) is 10.1 Å². The second-order valence-electron chi connectivity index (χ2n) is 5.83. The van der Waals surface area contributed by atoms with Gasteiger partial charge in [0.1, 0.15) is 10.6 Å². The normalized spacial score (nSPS) is 11.6. The number of benzene rings is 2. The highest BCUT2D eigenvalue weighted by Crippen LogP contribution is 2.29. The van der Waals surface area contributed by atoms with Gasteiger partial charge in [-0.2, -0.15) is 0 Å². The number of amides is 1. The van der Waals surface area contributed by atoms with Gasteiger partial charge in [0.05, 0.1) is 17.7 Å². The number of thiophene rings is 1. The Bertz CT molecular complexity index is 1030. The van der Waals surface area contributed by atoms with Crippen LogP contribution < -0.4 is 10.1 Å². The molecule has 0 aliphatic heterocycles. The number of rotatable bonds is 6. The zero-order valence-corrected chi connectivity index (χ0v) is 15.8. The summed E-state index contributed by atoms with van der Waals surface area (Å²) in [6.45, 7) is 1.42. The smallest absolute Gasteiger partial charge is 0.349 e. The summed E-state index contributed by atoms with van der Waals surface area (Å²) in [7, 11) is 1.38. The van der Waals surface area contributed by atoms with Crippen molar-refractivity contribution in [2.45, 2.75) is 13.0 Å². The first kappa shape index (κ1) is 19.3. The van der Waals surface area contributed by atoms with Crippen molar-refractivity contribution in [3.05, 3.63) is 63.5 Å². The molecule has 1 amide bonds. The fourth-order valence-electron chi connectivity index (χ4n) is 2.50. The summed E-state index contributed by atoms with van der Waals surface area (Å²) in [6.07, 6.45) is -1.11. The number of carbonyl (C=O) groups is 2. The highest BCUT2D eigenvalue weighted by molar-refractivity contribution is 7.20. The van der Waals surface area contributed by atoms with Crippen LogP contribution in [0.25, 0.3) is 10.1 Å². The van der Waals surface area contributed by atoms with Crippen molar-refractivity contribution in [2.24, 2.45) is 0 Å². The maximum absolute atomic E-state index is 12.4. The number of nitro benzene ring substituents is 1. The molecule has 3 rings (SSSR count). The highest BCUT2D eigenvalue weighted by Gasteiger charge is 2.22. The summed E-state index contributed by atoms with van der Waals surface area (Å²) in [5.41, 5.74) is -0.0857. The lowest BCUT2D eigenvalue weighted by Gasteiger charge is -2.14. The van der Waals surface area contributed by atoms with Crippen molar-refractivity contribution in [3.63, 3.8) is 0 Å². The maximum Gasteiger partial charge on any atom is 0.349 e. The summed E-state index contributed by atoms with van der Waals surface area (Å²) in [5.74, 6) is -0.995. The van der Waals surface area contributed by atoms with Gasteiger partial charge in [0, 0.05) is 16.8 Å². The van der Waals surface area contributed by atoms with Crippen LogP contribution in [0.4, 0.5) is 11.4 Å². The third-order valence-electron chi connectivity index (χ3n) is 3.93. The molecule has 1 heterocycles. The molecule has 0 aliphatic carbocycles. The van der Waals surface area contributed by atoms with E-state index in [4.69, 9.17) is 9.47 Å².